The van der Waals surface area contributed by atoms with Gasteiger partial charge >= 0.3 is 12.1 Å². The maximum Gasteiger partial charge on any atom is 0.573 e. The van der Waals surface area contributed by atoms with Crippen LogP contribution in [0.5, 0.6) is 5.75 Å². The molecule has 46 heavy (non-hydrogen) atoms. The third-order valence-electron chi connectivity index (χ3n) is 7.20. The number of H-pyrrole nitrogens is 1. The minimum atomic E-state index is -5.08. The molecule has 8 N–H and O–H groups in total. The van der Waals surface area contributed by atoms with Crippen LogP contribution >= 0.6 is 0 Å². The lowest BCUT2D eigenvalue weighted by molar-refractivity contribution is -0.275. The number of methoxy groups -OCH3 is 1. The molecule has 2 atom stereocenters. The number of guanidine groups is 1. The van der Waals surface area contributed by atoms with Crippen LogP contribution < -0.4 is 32.9 Å². The molecular weight excluding hydrogens is 608 g/mol. The van der Waals surface area contributed by atoms with Gasteiger partial charge in [-0.2, -0.15) is 4.98 Å². The number of ether oxygens (including phenoxy) is 2. The summed E-state index contributed by atoms with van der Waals surface area (Å²) >= 11 is 0. The maximum atomic E-state index is 15.4. The second kappa shape index (κ2) is 15.2. The van der Waals surface area contributed by atoms with Gasteiger partial charge in [0, 0.05) is 49.4 Å². The molecule has 2 aromatic carbocycles. The molecule has 0 bridgehead atoms. The average molecular weight is 647 g/mol. The Labute approximate surface area is 262 Å². The monoisotopic (exact) mass is 646 g/mol. The van der Waals surface area contributed by atoms with Crippen molar-refractivity contribution in [3.63, 3.8) is 0 Å². The lowest BCUT2D eigenvalue weighted by Gasteiger charge is -2.17. The molecule has 11 nitrogen and oxygen atoms in total. The van der Waals surface area contributed by atoms with Crippen molar-refractivity contribution in [2.24, 2.45) is 22.2 Å². The van der Waals surface area contributed by atoms with Crippen LogP contribution in [-0.4, -0.2) is 59.2 Å². The molecule has 0 aliphatic heterocycles. The van der Waals surface area contributed by atoms with Gasteiger partial charge in [0.1, 0.15) is 5.65 Å². The highest BCUT2D eigenvalue weighted by Gasteiger charge is 2.33. The van der Waals surface area contributed by atoms with E-state index >= 15 is 4.39 Å². The molecule has 0 aliphatic rings. The minimum absolute atomic E-state index is 0.0149. The number of aromatic amines is 1. The number of hydrogen-bond donors (Lipinski definition) is 5. The summed E-state index contributed by atoms with van der Waals surface area (Å²) < 4.78 is 65.2. The molecule has 0 fully saturated rings. The van der Waals surface area contributed by atoms with Gasteiger partial charge in [-0.25, -0.2) is 9.18 Å². The lowest BCUT2D eigenvalue weighted by Crippen LogP contribution is -2.34. The van der Waals surface area contributed by atoms with Gasteiger partial charge in [-0.05, 0) is 74.1 Å². The zero-order chi connectivity index (χ0) is 33.4. The molecule has 0 saturated carbocycles. The summed E-state index contributed by atoms with van der Waals surface area (Å²) in [7, 11) is 1.61. The summed E-state index contributed by atoms with van der Waals surface area (Å²) in [5.41, 5.74) is 18.1. The van der Waals surface area contributed by atoms with Crippen LogP contribution in [0.4, 0.5) is 17.6 Å². The van der Waals surface area contributed by atoms with Crippen molar-refractivity contribution >= 4 is 17.0 Å². The fourth-order valence-electron chi connectivity index (χ4n) is 4.98. The summed E-state index contributed by atoms with van der Waals surface area (Å²) in [5, 5.41) is 3.84. The molecule has 0 saturated heterocycles. The van der Waals surface area contributed by atoms with E-state index in [0.29, 0.717) is 62.0 Å². The molecule has 4 aromatic rings. The van der Waals surface area contributed by atoms with Gasteiger partial charge in [-0.1, -0.05) is 12.1 Å². The Kier molecular flexibility index (Phi) is 11.4. The van der Waals surface area contributed by atoms with E-state index in [-0.39, 0.29) is 34.9 Å². The Morgan fingerprint density at radius 1 is 1.13 bits per heavy atom. The second-order valence-corrected chi connectivity index (χ2v) is 11.0. The first-order valence-corrected chi connectivity index (χ1v) is 14.7. The number of nitrogens with zero attached hydrogens (tertiary/aromatic N) is 3. The van der Waals surface area contributed by atoms with Gasteiger partial charge in [0.15, 0.2) is 17.5 Å². The molecule has 248 valence electrons. The zero-order valence-corrected chi connectivity index (χ0v) is 25.5. The number of aromatic nitrogens is 3. The summed E-state index contributed by atoms with van der Waals surface area (Å²) in [4.78, 5) is 23.9. The van der Waals surface area contributed by atoms with Crippen molar-refractivity contribution in [2.45, 2.75) is 57.6 Å². The average Bonchev–Trinajstić information content (AvgIpc) is 3.38. The number of hydrogen-bond acceptors (Lipinski definition) is 7. The van der Waals surface area contributed by atoms with E-state index in [1.807, 2.05) is 19.1 Å². The predicted octanol–water partition coefficient (Wildman–Crippen LogP) is 3.86. The van der Waals surface area contributed by atoms with Crippen LogP contribution in [-0.2, 0) is 17.7 Å². The number of aryl methyl sites for hydroxylation is 1. The van der Waals surface area contributed by atoms with Crippen LogP contribution in [0.25, 0.3) is 28.0 Å². The molecule has 0 aliphatic carbocycles. The number of nitrogens with two attached hydrogens (primary N) is 3. The third-order valence-corrected chi connectivity index (χ3v) is 7.20. The lowest BCUT2D eigenvalue weighted by atomic mass is 10.0. The van der Waals surface area contributed by atoms with Crippen molar-refractivity contribution in [3.05, 3.63) is 76.1 Å². The van der Waals surface area contributed by atoms with Gasteiger partial charge in [-0.3, -0.25) is 9.56 Å². The number of benzene rings is 2. The van der Waals surface area contributed by atoms with Gasteiger partial charge in [0.05, 0.1) is 18.0 Å². The highest BCUT2D eigenvalue weighted by Crippen LogP contribution is 2.35. The SMILES string of the molecule is COC[C@@H](CCN=C(N)N)NCc1ccc(-n2cc3cc(-c4cc(CCC[C@H](C)N)cc(OC(F)(F)F)c4F)[nH]c3nc2=O)cc1. The highest BCUT2D eigenvalue weighted by atomic mass is 19.4. The van der Waals surface area contributed by atoms with Crippen LogP contribution in [0.1, 0.15) is 37.3 Å². The van der Waals surface area contributed by atoms with E-state index in [0.717, 1.165) is 11.6 Å². The smallest absolute Gasteiger partial charge is 0.403 e. The Bertz CT molecular complexity index is 1700. The Balaban J connectivity index is 1.58. The van der Waals surface area contributed by atoms with Crippen LogP contribution in [0.3, 0.4) is 0 Å². The first kappa shape index (κ1) is 34.4. The van der Waals surface area contributed by atoms with Gasteiger partial charge in [0.25, 0.3) is 0 Å². The molecule has 0 spiro atoms. The van der Waals surface area contributed by atoms with Gasteiger partial charge in [0.2, 0.25) is 0 Å². The Morgan fingerprint density at radius 2 is 1.87 bits per heavy atom. The standard InChI is InChI=1S/C31H38F4N8O3/c1-18(36)4-3-5-20-12-24(27(32)26(13-20)46-31(33,34)35)25-14-21-16-43(30(44)42-28(21)41-25)23-8-6-19(7-9-23)15-40-22(17-45-2)10-11-39-29(37)38/h6-9,12-14,16,18,22,40H,3-5,10-11,15,17,36H2,1-2H3,(H4,37,38,39)(H,41,42,44)/t18-,22+/m0/s1. The van der Waals surface area contributed by atoms with E-state index in [9.17, 15) is 18.0 Å². The normalized spacial score (nSPS) is 13.1. The fourth-order valence-corrected chi connectivity index (χ4v) is 4.98. The van der Waals surface area contributed by atoms with Crippen LogP contribution in [0, 0.1) is 5.82 Å². The summed E-state index contributed by atoms with van der Waals surface area (Å²) in [6, 6.07) is 11.2. The molecule has 15 heteroatoms. The van der Waals surface area contributed by atoms with Crippen molar-refractivity contribution in [3.8, 4) is 22.7 Å². The van der Waals surface area contributed by atoms with Crippen molar-refractivity contribution < 1.29 is 27.0 Å². The van der Waals surface area contributed by atoms with E-state index in [1.165, 1.54) is 22.9 Å². The molecule has 2 aromatic heterocycles. The summed E-state index contributed by atoms with van der Waals surface area (Å²) in [5.74, 6) is -2.10. The molecular formula is C31H38F4N8O3. The molecule has 0 unspecified atom stereocenters. The van der Waals surface area contributed by atoms with E-state index in [2.05, 4.69) is 25.0 Å². The summed E-state index contributed by atoms with van der Waals surface area (Å²) in [6.07, 6.45) is -1.29. The molecule has 0 amide bonds. The number of rotatable bonds is 15. The van der Waals surface area contributed by atoms with Crippen molar-refractivity contribution in [1.29, 1.82) is 0 Å². The molecule has 0 radical (unpaired) electrons. The van der Waals surface area contributed by atoms with Crippen LogP contribution in [0.15, 0.2) is 58.4 Å². The molecule has 2 heterocycles. The summed E-state index contributed by atoms with van der Waals surface area (Å²) in [6.45, 7) is 3.28. The number of halogens is 4. The van der Waals surface area contributed by atoms with E-state index < -0.39 is 23.6 Å². The van der Waals surface area contributed by atoms with Crippen molar-refractivity contribution in [1.82, 2.24) is 19.9 Å². The van der Waals surface area contributed by atoms with E-state index in [4.69, 9.17) is 21.9 Å². The minimum Gasteiger partial charge on any atom is -0.403 e. The second-order valence-electron chi connectivity index (χ2n) is 11.0. The molecule has 4 rings (SSSR count). The number of alkyl halides is 3. The maximum absolute atomic E-state index is 15.4. The third kappa shape index (κ3) is 9.52. The number of aliphatic imine (C=N–C) groups is 1. The highest BCUT2D eigenvalue weighted by molar-refractivity contribution is 5.83. The fraction of sp³-hybridized carbons (Fsp3) is 0.387. The van der Waals surface area contributed by atoms with E-state index in [1.54, 1.807) is 19.2 Å². The predicted molar refractivity (Wildman–Crippen MR) is 168 cm³/mol. The topological polar surface area (TPSA) is 172 Å². The Hall–Kier alpha value is -4.47. The quantitative estimate of drug-likeness (QED) is 0.0736. The van der Waals surface area contributed by atoms with Crippen molar-refractivity contribution in [2.75, 3.05) is 20.3 Å². The largest absolute Gasteiger partial charge is 0.573 e. The first-order valence-electron chi connectivity index (χ1n) is 14.7. The number of nitrogens with one attached hydrogen (secondary N) is 2. The number of fused-ring (bicyclic) bond motifs is 1. The Morgan fingerprint density at radius 3 is 2.52 bits per heavy atom. The zero-order valence-electron chi connectivity index (χ0n) is 25.5. The van der Waals surface area contributed by atoms with Gasteiger partial charge in [-0.15, -0.1) is 13.2 Å². The van der Waals surface area contributed by atoms with Gasteiger partial charge < -0.3 is 37.0 Å². The van der Waals surface area contributed by atoms with Crippen LogP contribution in [0.2, 0.25) is 0 Å². The first-order chi connectivity index (χ1) is 21.8.